The summed E-state index contributed by atoms with van der Waals surface area (Å²) < 4.78 is 5.24. The molecule has 0 spiro atoms. The minimum Gasteiger partial charge on any atom is -0.427 e. The van der Waals surface area contributed by atoms with Gasteiger partial charge in [0.2, 0.25) is 0 Å². The Morgan fingerprint density at radius 2 is 2.04 bits per heavy atom. The Labute approximate surface area is 149 Å². The van der Waals surface area contributed by atoms with Crippen molar-refractivity contribution in [1.29, 1.82) is 0 Å². The van der Waals surface area contributed by atoms with E-state index in [1.165, 1.54) is 18.1 Å². The van der Waals surface area contributed by atoms with Crippen LogP contribution in [0.25, 0.3) is 0 Å². The normalized spacial score (nSPS) is 42.3. The van der Waals surface area contributed by atoms with Gasteiger partial charge < -0.3 is 14.9 Å². The molecule has 0 saturated heterocycles. The molecule has 25 heavy (non-hydrogen) atoms. The summed E-state index contributed by atoms with van der Waals surface area (Å²) in [6.45, 7) is 5.85. The molecule has 2 N–H and O–H groups in total. The highest BCUT2D eigenvalue weighted by Crippen LogP contribution is 2.62. The second-order valence-corrected chi connectivity index (χ2v) is 8.72. The number of ether oxygens (including phenoxy) is 1. The van der Waals surface area contributed by atoms with E-state index in [9.17, 15) is 15.0 Å². The van der Waals surface area contributed by atoms with Crippen LogP contribution in [0.5, 0.6) is 5.75 Å². The highest BCUT2D eigenvalue weighted by Gasteiger charge is 2.58. The van der Waals surface area contributed by atoms with Crippen molar-refractivity contribution < 1.29 is 19.7 Å². The molecule has 0 aliphatic heterocycles. The van der Waals surface area contributed by atoms with Gasteiger partial charge in [-0.05, 0) is 72.1 Å². The third-order valence-corrected chi connectivity index (χ3v) is 7.24. The summed E-state index contributed by atoms with van der Waals surface area (Å²) >= 11 is 0. The summed E-state index contributed by atoms with van der Waals surface area (Å²) in [5, 5.41) is 21.6. The first-order valence-corrected chi connectivity index (χ1v) is 9.48. The van der Waals surface area contributed by atoms with Crippen LogP contribution in [-0.2, 0) is 11.2 Å². The van der Waals surface area contributed by atoms with Crippen LogP contribution in [0, 0.1) is 23.2 Å². The Hall–Kier alpha value is -1.39. The van der Waals surface area contributed by atoms with Crippen molar-refractivity contribution in [2.45, 2.75) is 64.6 Å². The van der Waals surface area contributed by atoms with E-state index in [0.717, 1.165) is 19.3 Å². The average molecular weight is 344 g/mol. The van der Waals surface area contributed by atoms with Crippen LogP contribution in [0.15, 0.2) is 18.2 Å². The van der Waals surface area contributed by atoms with E-state index in [0.29, 0.717) is 29.9 Å². The SMILES string of the molecule is CC(=O)Oc1ccc2c(c1)C[C@@H](C)[C@@H]1[C@@H]2[C@@H](O)C[C@]2(C)[C@@H](O)CC[C@@H]12. The van der Waals surface area contributed by atoms with Crippen molar-refractivity contribution in [2.24, 2.45) is 23.2 Å². The molecule has 0 heterocycles. The number of benzene rings is 1. The van der Waals surface area contributed by atoms with Crippen LogP contribution < -0.4 is 4.74 Å². The molecule has 2 fully saturated rings. The molecule has 4 rings (SSSR count). The summed E-state index contributed by atoms with van der Waals surface area (Å²) in [7, 11) is 0. The molecule has 1 aromatic carbocycles. The van der Waals surface area contributed by atoms with Crippen molar-refractivity contribution in [1.82, 2.24) is 0 Å². The number of hydrogen-bond donors (Lipinski definition) is 2. The van der Waals surface area contributed by atoms with E-state index in [-0.39, 0.29) is 23.4 Å². The van der Waals surface area contributed by atoms with E-state index in [4.69, 9.17) is 4.74 Å². The first-order chi connectivity index (χ1) is 11.8. The van der Waals surface area contributed by atoms with Gasteiger partial charge >= 0.3 is 5.97 Å². The van der Waals surface area contributed by atoms with E-state index in [2.05, 4.69) is 13.8 Å². The van der Waals surface area contributed by atoms with E-state index in [1.807, 2.05) is 18.2 Å². The Morgan fingerprint density at radius 1 is 1.28 bits per heavy atom. The number of rotatable bonds is 1. The highest BCUT2D eigenvalue weighted by atomic mass is 16.5. The molecular weight excluding hydrogens is 316 g/mol. The van der Waals surface area contributed by atoms with Gasteiger partial charge in [-0.25, -0.2) is 0 Å². The van der Waals surface area contributed by atoms with E-state index < -0.39 is 6.10 Å². The zero-order valence-electron chi connectivity index (χ0n) is 15.2. The maximum absolute atomic E-state index is 11.2. The van der Waals surface area contributed by atoms with Gasteiger partial charge in [-0.3, -0.25) is 4.79 Å². The molecule has 0 unspecified atom stereocenters. The van der Waals surface area contributed by atoms with Crippen molar-refractivity contribution in [3.05, 3.63) is 29.3 Å². The van der Waals surface area contributed by atoms with Gasteiger partial charge in [-0.2, -0.15) is 0 Å². The second-order valence-electron chi connectivity index (χ2n) is 8.72. The lowest BCUT2D eigenvalue weighted by molar-refractivity contribution is -0.131. The number of fused-ring (bicyclic) bond motifs is 5. The second kappa shape index (κ2) is 5.82. The molecule has 0 amide bonds. The Morgan fingerprint density at radius 3 is 2.76 bits per heavy atom. The first-order valence-electron chi connectivity index (χ1n) is 9.48. The van der Waals surface area contributed by atoms with Crippen molar-refractivity contribution in [3.63, 3.8) is 0 Å². The topological polar surface area (TPSA) is 66.8 Å². The lowest BCUT2D eigenvalue weighted by atomic mass is 9.52. The molecule has 7 atom stereocenters. The van der Waals surface area contributed by atoms with Crippen LogP contribution in [0.1, 0.15) is 57.1 Å². The predicted molar refractivity (Wildman–Crippen MR) is 94.3 cm³/mol. The Kier molecular flexibility index (Phi) is 3.97. The fraction of sp³-hybridized carbons (Fsp3) is 0.667. The number of carbonyl (C=O) groups excluding carboxylic acids is 1. The molecule has 1 aromatic rings. The maximum atomic E-state index is 11.2. The summed E-state index contributed by atoms with van der Waals surface area (Å²) in [5.41, 5.74) is 2.23. The number of carbonyl (C=O) groups is 1. The molecule has 3 aliphatic rings. The number of hydrogen-bond acceptors (Lipinski definition) is 4. The van der Waals surface area contributed by atoms with Gasteiger partial charge in [0.15, 0.2) is 0 Å². The molecule has 3 aliphatic carbocycles. The largest absolute Gasteiger partial charge is 0.427 e. The quantitative estimate of drug-likeness (QED) is 0.607. The summed E-state index contributed by atoms with van der Waals surface area (Å²) in [6.07, 6.45) is 2.77. The fourth-order valence-corrected chi connectivity index (χ4v) is 6.21. The standard InChI is InChI=1S/C21H28O4/c1-11-8-13-9-14(25-12(2)22)4-5-15(13)20-17(23)10-21(3)16(19(11)20)6-7-18(21)24/h4-5,9,11,16-20,23-24H,6-8,10H2,1-3H3/t11-,16+,17+,18+,19+,20+,21+/m1/s1. The zero-order valence-corrected chi connectivity index (χ0v) is 15.2. The first kappa shape index (κ1) is 17.0. The smallest absolute Gasteiger partial charge is 0.308 e. The van der Waals surface area contributed by atoms with Gasteiger partial charge in [0, 0.05) is 12.8 Å². The van der Waals surface area contributed by atoms with Crippen molar-refractivity contribution >= 4 is 5.97 Å². The minimum absolute atomic E-state index is 0.119. The third-order valence-electron chi connectivity index (χ3n) is 7.24. The van der Waals surface area contributed by atoms with Crippen molar-refractivity contribution in [2.75, 3.05) is 0 Å². The Balaban J connectivity index is 1.73. The van der Waals surface area contributed by atoms with Crippen LogP contribution in [0.4, 0.5) is 0 Å². The third kappa shape index (κ3) is 2.53. The van der Waals surface area contributed by atoms with Gasteiger partial charge in [0.05, 0.1) is 12.2 Å². The summed E-state index contributed by atoms with van der Waals surface area (Å²) in [6, 6.07) is 5.85. The maximum Gasteiger partial charge on any atom is 0.308 e. The zero-order chi connectivity index (χ0) is 17.9. The van der Waals surface area contributed by atoms with Crippen LogP contribution in [0.2, 0.25) is 0 Å². The summed E-state index contributed by atoms with van der Waals surface area (Å²) in [5.74, 6) is 1.70. The van der Waals surface area contributed by atoms with Gasteiger partial charge in [0.25, 0.3) is 0 Å². The van der Waals surface area contributed by atoms with E-state index in [1.54, 1.807) is 0 Å². The lowest BCUT2D eigenvalue weighted by Gasteiger charge is -2.54. The van der Waals surface area contributed by atoms with Gasteiger partial charge in [-0.15, -0.1) is 0 Å². The molecule has 0 aromatic heterocycles. The molecule has 2 saturated carbocycles. The van der Waals surface area contributed by atoms with Gasteiger partial charge in [-0.1, -0.05) is 19.9 Å². The van der Waals surface area contributed by atoms with Crippen LogP contribution >= 0.6 is 0 Å². The molecule has 0 radical (unpaired) electrons. The molecular formula is C21H28O4. The average Bonchev–Trinajstić information content (AvgIpc) is 2.81. The van der Waals surface area contributed by atoms with E-state index >= 15 is 0 Å². The molecule has 4 nitrogen and oxygen atoms in total. The highest BCUT2D eigenvalue weighted by molar-refractivity contribution is 5.69. The number of aliphatic hydroxyl groups is 2. The minimum atomic E-state index is -0.430. The van der Waals surface area contributed by atoms with Crippen LogP contribution in [-0.4, -0.2) is 28.4 Å². The number of aliphatic hydroxyl groups excluding tert-OH is 2. The van der Waals surface area contributed by atoms with Gasteiger partial charge in [0.1, 0.15) is 5.75 Å². The van der Waals surface area contributed by atoms with Crippen molar-refractivity contribution in [3.8, 4) is 5.75 Å². The molecule has 136 valence electrons. The summed E-state index contributed by atoms with van der Waals surface area (Å²) in [4.78, 5) is 11.2. The predicted octanol–water partition coefficient (Wildman–Crippen LogP) is 3.05. The fourth-order valence-electron chi connectivity index (χ4n) is 6.21. The molecule has 0 bridgehead atoms. The van der Waals surface area contributed by atoms with Crippen LogP contribution in [0.3, 0.4) is 0 Å². The lowest BCUT2D eigenvalue weighted by Crippen LogP contribution is -2.52. The molecule has 4 heteroatoms. The monoisotopic (exact) mass is 344 g/mol. The Bertz CT molecular complexity index is 699. The number of esters is 1.